The lowest BCUT2D eigenvalue weighted by molar-refractivity contribution is -0.133. The Bertz CT molecular complexity index is 377. The molecule has 136 valence electrons. The second kappa shape index (κ2) is 8.17. The van der Waals surface area contributed by atoms with Gasteiger partial charge in [0, 0.05) is 11.8 Å². The van der Waals surface area contributed by atoms with Gasteiger partial charge in [-0.05, 0) is 53.8 Å². The summed E-state index contributed by atoms with van der Waals surface area (Å²) < 4.78 is 0. The van der Waals surface area contributed by atoms with Crippen molar-refractivity contribution < 1.29 is 4.79 Å². The van der Waals surface area contributed by atoms with Crippen LogP contribution in [-0.4, -0.2) is 5.78 Å². The van der Waals surface area contributed by atoms with Crippen LogP contribution >= 0.6 is 0 Å². The second-order valence-corrected chi connectivity index (χ2v) is 9.81. The van der Waals surface area contributed by atoms with Crippen LogP contribution in [-0.2, 0) is 4.79 Å². The fraction of sp³-hybridized carbons (Fsp3) is 0.955. The Balaban J connectivity index is 3.46. The van der Waals surface area contributed by atoms with E-state index in [4.69, 9.17) is 0 Å². The number of ketones is 1. The van der Waals surface area contributed by atoms with E-state index in [1.807, 2.05) is 0 Å². The number of carbonyl (C=O) groups excluding carboxylic acids is 1. The van der Waals surface area contributed by atoms with Gasteiger partial charge >= 0.3 is 0 Å². The van der Waals surface area contributed by atoms with Crippen LogP contribution in [0.5, 0.6) is 0 Å². The summed E-state index contributed by atoms with van der Waals surface area (Å²) in [4.78, 5) is 13.6. The van der Waals surface area contributed by atoms with Gasteiger partial charge in [-0.15, -0.1) is 0 Å². The summed E-state index contributed by atoms with van der Waals surface area (Å²) in [5.41, 5.74) is 0. The molecular weight excluding hydrogens is 280 g/mol. The minimum Gasteiger partial charge on any atom is -0.299 e. The van der Waals surface area contributed by atoms with Crippen molar-refractivity contribution in [2.45, 2.75) is 75.7 Å². The summed E-state index contributed by atoms with van der Waals surface area (Å²) in [6, 6.07) is 0. The third kappa shape index (κ3) is 4.40. The lowest BCUT2D eigenvalue weighted by Crippen LogP contribution is -2.39. The molecule has 0 amide bonds. The third-order valence-corrected chi connectivity index (χ3v) is 6.49. The molecule has 1 saturated carbocycles. The Morgan fingerprint density at radius 2 is 1.04 bits per heavy atom. The quantitative estimate of drug-likeness (QED) is 0.541. The summed E-state index contributed by atoms with van der Waals surface area (Å²) in [7, 11) is 0. The van der Waals surface area contributed by atoms with Gasteiger partial charge in [0.05, 0.1) is 0 Å². The minimum absolute atomic E-state index is 0.235. The zero-order chi connectivity index (χ0) is 18.1. The molecule has 0 heterocycles. The molecule has 0 aromatic rings. The average molecular weight is 323 g/mol. The van der Waals surface area contributed by atoms with Gasteiger partial charge in [-0.1, -0.05) is 69.2 Å². The summed E-state index contributed by atoms with van der Waals surface area (Å²) in [6.07, 6.45) is 1.23. The van der Waals surface area contributed by atoms with E-state index in [-0.39, 0.29) is 11.8 Å². The van der Waals surface area contributed by atoms with Crippen molar-refractivity contribution in [3.8, 4) is 0 Å². The average Bonchev–Trinajstić information content (AvgIpc) is 2.52. The van der Waals surface area contributed by atoms with Crippen LogP contribution in [0.2, 0.25) is 0 Å². The highest BCUT2D eigenvalue weighted by atomic mass is 16.1. The summed E-state index contributed by atoms with van der Waals surface area (Å²) in [5.74, 6) is 5.53. The zero-order valence-corrected chi connectivity index (χ0v) is 17.4. The number of carbonyl (C=O) groups is 1. The molecule has 0 N–H and O–H groups in total. The third-order valence-electron chi connectivity index (χ3n) is 6.49. The molecule has 5 atom stereocenters. The Kier molecular flexibility index (Phi) is 7.36. The second-order valence-electron chi connectivity index (χ2n) is 9.81. The fourth-order valence-electron chi connectivity index (χ4n) is 5.42. The zero-order valence-electron chi connectivity index (χ0n) is 17.4. The van der Waals surface area contributed by atoms with Crippen LogP contribution in [0.4, 0.5) is 0 Å². The normalized spacial score (nSPS) is 33.3. The SMILES string of the molecule is CC(C)C1CC(C(C)C)C(C(C)C)C(C(C)C)C(=O)C1C(C)C. The van der Waals surface area contributed by atoms with E-state index in [9.17, 15) is 4.79 Å². The van der Waals surface area contributed by atoms with Crippen LogP contribution in [0.1, 0.15) is 75.7 Å². The van der Waals surface area contributed by atoms with Crippen LogP contribution in [0.3, 0.4) is 0 Å². The Morgan fingerprint density at radius 3 is 1.35 bits per heavy atom. The van der Waals surface area contributed by atoms with Crippen molar-refractivity contribution in [2.24, 2.45) is 59.2 Å². The largest absolute Gasteiger partial charge is 0.299 e. The standard InChI is InChI=1S/C22H42O/c1-12(2)17-11-18(13(3)4)20(15(7)8)22(23)21(16(9)10)19(17)14(5)6/h12-21H,11H2,1-10H3. The molecule has 1 aliphatic carbocycles. The van der Waals surface area contributed by atoms with E-state index >= 15 is 0 Å². The van der Waals surface area contributed by atoms with Crippen LogP contribution in [0.25, 0.3) is 0 Å². The Labute approximate surface area is 146 Å². The van der Waals surface area contributed by atoms with Crippen LogP contribution in [0, 0.1) is 59.2 Å². The van der Waals surface area contributed by atoms with Gasteiger partial charge in [0.15, 0.2) is 0 Å². The van der Waals surface area contributed by atoms with Gasteiger partial charge in [0.2, 0.25) is 0 Å². The summed E-state index contributed by atoms with van der Waals surface area (Å²) >= 11 is 0. The van der Waals surface area contributed by atoms with Gasteiger partial charge in [-0.25, -0.2) is 0 Å². The van der Waals surface area contributed by atoms with Crippen LogP contribution in [0.15, 0.2) is 0 Å². The maximum absolute atomic E-state index is 13.6. The molecule has 0 saturated heterocycles. The lowest BCUT2D eigenvalue weighted by atomic mass is 9.65. The van der Waals surface area contributed by atoms with E-state index in [2.05, 4.69) is 69.2 Å². The van der Waals surface area contributed by atoms with Crippen molar-refractivity contribution in [3.63, 3.8) is 0 Å². The van der Waals surface area contributed by atoms with Crippen molar-refractivity contribution >= 4 is 5.78 Å². The number of Topliss-reactive ketones (excluding diaryl/α,β-unsaturated/α-hetero) is 1. The van der Waals surface area contributed by atoms with Crippen molar-refractivity contribution in [3.05, 3.63) is 0 Å². The molecule has 0 bridgehead atoms. The first-order valence-electron chi connectivity index (χ1n) is 10.0. The maximum atomic E-state index is 13.6. The first-order chi connectivity index (χ1) is 10.5. The monoisotopic (exact) mass is 322 g/mol. The van der Waals surface area contributed by atoms with Crippen molar-refractivity contribution in [2.75, 3.05) is 0 Å². The molecule has 23 heavy (non-hydrogen) atoms. The first kappa shape index (κ1) is 20.7. The molecule has 0 spiro atoms. The van der Waals surface area contributed by atoms with Gasteiger partial charge in [0.1, 0.15) is 5.78 Å². The topological polar surface area (TPSA) is 17.1 Å². The molecule has 1 rings (SSSR count). The molecule has 0 aromatic heterocycles. The van der Waals surface area contributed by atoms with E-state index in [0.717, 1.165) is 0 Å². The number of hydrogen-bond acceptors (Lipinski definition) is 1. The van der Waals surface area contributed by atoms with E-state index < -0.39 is 0 Å². The molecule has 0 aromatic carbocycles. The minimum atomic E-state index is 0.235. The summed E-state index contributed by atoms with van der Waals surface area (Å²) in [5, 5.41) is 0. The first-order valence-corrected chi connectivity index (χ1v) is 10.0. The number of hydrogen-bond donors (Lipinski definition) is 0. The van der Waals surface area contributed by atoms with Crippen molar-refractivity contribution in [1.82, 2.24) is 0 Å². The van der Waals surface area contributed by atoms with Gasteiger partial charge < -0.3 is 0 Å². The predicted octanol–water partition coefficient (Wildman–Crippen LogP) is 6.32. The summed E-state index contributed by atoms with van der Waals surface area (Å²) in [6.45, 7) is 23.1. The molecule has 1 fully saturated rings. The molecule has 1 nitrogen and oxygen atoms in total. The predicted molar refractivity (Wildman–Crippen MR) is 101 cm³/mol. The highest BCUT2D eigenvalue weighted by Crippen LogP contribution is 2.49. The molecule has 0 aliphatic heterocycles. The van der Waals surface area contributed by atoms with Gasteiger partial charge in [-0.2, -0.15) is 0 Å². The molecule has 1 aliphatic rings. The lowest BCUT2D eigenvalue weighted by Gasteiger charge is -2.38. The molecule has 0 radical (unpaired) electrons. The fourth-order valence-corrected chi connectivity index (χ4v) is 5.42. The highest BCUT2D eigenvalue weighted by Gasteiger charge is 2.48. The number of rotatable bonds is 5. The molecule has 1 heteroatoms. The smallest absolute Gasteiger partial charge is 0.140 e. The Morgan fingerprint density at radius 1 is 0.609 bits per heavy atom. The molecular formula is C22H42O. The van der Waals surface area contributed by atoms with Gasteiger partial charge in [0.25, 0.3) is 0 Å². The van der Waals surface area contributed by atoms with Crippen LogP contribution < -0.4 is 0 Å². The van der Waals surface area contributed by atoms with Crippen molar-refractivity contribution in [1.29, 1.82) is 0 Å². The van der Waals surface area contributed by atoms with E-state index in [1.165, 1.54) is 6.42 Å². The molecule has 5 unspecified atom stereocenters. The maximum Gasteiger partial charge on any atom is 0.140 e. The van der Waals surface area contributed by atoms with E-state index in [1.54, 1.807) is 0 Å². The highest BCUT2D eigenvalue weighted by molar-refractivity contribution is 5.85. The van der Waals surface area contributed by atoms with E-state index in [0.29, 0.717) is 53.1 Å². The van der Waals surface area contributed by atoms with Gasteiger partial charge in [-0.3, -0.25) is 4.79 Å². The Hall–Kier alpha value is -0.330.